The summed E-state index contributed by atoms with van der Waals surface area (Å²) in [6.07, 6.45) is 1.02. The van der Waals surface area contributed by atoms with E-state index in [0.717, 1.165) is 21.7 Å². The van der Waals surface area contributed by atoms with E-state index >= 15 is 0 Å². The van der Waals surface area contributed by atoms with E-state index < -0.39 is 28.5 Å². The number of halogens is 2. The number of hydrogen-bond acceptors (Lipinski definition) is 4. The molecule has 0 heterocycles. The number of carbonyl (C=O) groups is 2. The highest BCUT2D eigenvalue weighted by molar-refractivity contribution is 7.92. The third-order valence-electron chi connectivity index (χ3n) is 4.99. The Kier molecular flexibility index (Phi) is 9.17. The Labute approximate surface area is 205 Å². The second-order valence-electron chi connectivity index (χ2n) is 8.19. The standard InChI is InChI=1S/C23H29Cl2N3O4S/c1-15(2)26-23(30)17(4)27(13-18-7-9-19(24)10-8-18)22(29)14-28(33(5,31)32)20-11-6-16(3)21(25)12-20/h6-12,15,17H,13-14H2,1-5H3,(H,26,30)/t17-/m0/s1. The van der Waals surface area contributed by atoms with Crippen molar-refractivity contribution in [2.24, 2.45) is 0 Å². The summed E-state index contributed by atoms with van der Waals surface area (Å²) in [5.41, 5.74) is 1.80. The zero-order chi connectivity index (χ0) is 24.9. The molecule has 1 N–H and O–H groups in total. The highest BCUT2D eigenvalue weighted by Gasteiger charge is 2.30. The van der Waals surface area contributed by atoms with Crippen LogP contribution < -0.4 is 9.62 Å². The molecule has 0 bridgehead atoms. The zero-order valence-corrected chi connectivity index (χ0v) is 21.6. The molecule has 0 fully saturated rings. The van der Waals surface area contributed by atoms with Crippen LogP contribution in [-0.2, 0) is 26.2 Å². The van der Waals surface area contributed by atoms with Crippen molar-refractivity contribution in [1.82, 2.24) is 10.2 Å². The van der Waals surface area contributed by atoms with Gasteiger partial charge in [0.05, 0.1) is 11.9 Å². The van der Waals surface area contributed by atoms with E-state index in [1.807, 2.05) is 13.8 Å². The van der Waals surface area contributed by atoms with Gasteiger partial charge in [0.2, 0.25) is 21.8 Å². The Morgan fingerprint density at radius 1 is 1.03 bits per heavy atom. The summed E-state index contributed by atoms with van der Waals surface area (Å²) in [7, 11) is -3.81. The van der Waals surface area contributed by atoms with Gasteiger partial charge >= 0.3 is 0 Å². The fourth-order valence-electron chi connectivity index (χ4n) is 3.12. The number of anilines is 1. The van der Waals surface area contributed by atoms with Gasteiger partial charge in [0.1, 0.15) is 12.6 Å². The number of aryl methyl sites for hydroxylation is 1. The van der Waals surface area contributed by atoms with E-state index in [1.165, 1.54) is 11.0 Å². The molecular weight excluding hydrogens is 485 g/mol. The quantitative estimate of drug-likeness (QED) is 0.548. The van der Waals surface area contributed by atoms with Crippen LogP contribution in [0.4, 0.5) is 5.69 Å². The molecule has 1 atom stereocenters. The van der Waals surface area contributed by atoms with Crippen LogP contribution in [0.2, 0.25) is 10.0 Å². The fraction of sp³-hybridized carbons (Fsp3) is 0.391. The molecule has 2 aromatic carbocycles. The van der Waals surface area contributed by atoms with Crippen molar-refractivity contribution in [1.29, 1.82) is 0 Å². The summed E-state index contributed by atoms with van der Waals surface area (Å²) in [4.78, 5) is 27.5. The van der Waals surface area contributed by atoms with Gasteiger partial charge in [-0.05, 0) is 63.1 Å². The Bertz CT molecular complexity index is 1110. The number of carbonyl (C=O) groups excluding carboxylic acids is 2. The fourth-order valence-corrected chi connectivity index (χ4v) is 4.27. The van der Waals surface area contributed by atoms with Crippen LogP contribution in [0.1, 0.15) is 31.9 Å². The SMILES string of the molecule is Cc1ccc(N(CC(=O)N(Cc2ccc(Cl)cc2)[C@@H](C)C(=O)NC(C)C)S(C)(=O)=O)cc1Cl. The molecule has 0 aliphatic rings. The lowest BCUT2D eigenvalue weighted by Gasteiger charge is -2.32. The topological polar surface area (TPSA) is 86.8 Å². The first-order chi connectivity index (χ1) is 15.3. The van der Waals surface area contributed by atoms with Crippen molar-refractivity contribution in [2.45, 2.75) is 46.3 Å². The van der Waals surface area contributed by atoms with Gasteiger partial charge < -0.3 is 10.2 Å². The van der Waals surface area contributed by atoms with Gasteiger partial charge in [0.15, 0.2) is 0 Å². The smallest absolute Gasteiger partial charge is 0.244 e. The van der Waals surface area contributed by atoms with Crippen molar-refractivity contribution in [3.05, 3.63) is 63.6 Å². The molecule has 0 aliphatic carbocycles. The van der Waals surface area contributed by atoms with E-state index in [4.69, 9.17) is 23.2 Å². The van der Waals surface area contributed by atoms with Gasteiger partial charge in [-0.1, -0.05) is 41.4 Å². The van der Waals surface area contributed by atoms with Crippen LogP contribution in [0.5, 0.6) is 0 Å². The third-order valence-corrected chi connectivity index (χ3v) is 6.79. The van der Waals surface area contributed by atoms with Crippen LogP contribution in [0.3, 0.4) is 0 Å². The van der Waals surface area contributed by atoms with Crippen LogP contribution in [0, 0.1) is 6.92 Å². The van der Waals surface area contributed by atoms with E-state index in [9.17, 15) is 18.0 Å². The van der Waals surface area contributed by atoms with E-state index in [1.54, 1.807) is 50.2 Å². The summed E-state index contributed by atoms with van der Waals surface area (Å²) in [6, 6.07) is 10.7. The first kappa shape index (κ1) is 27.0. The van der Waals surface area contributed by atoms with Crippen LogP contribution in [0.25, 0.3) is 0 Å². The summed E-state index contributed by atoms with van der Waals surface area (Å²) >= 11 is 12.1. The Morgan fingerprint density at radius 3 is 2.15 bits per heavy atom. The molecular formula is C23H29Cl2N3O4S. The first-order valence-electron chi connectivity index (χ1n) is 10.4. The summed E-state index contributed by atoms with van der Waals surface area (Å²) in [6.45, 7) is 6.68. The molecule has 0 saturated heterocycles. The molecule has 0 radical (unpaired) electrons. The highest BCUT2D eigenvalue weighted by atomic mass is 35.5. The molecule has 0 saturated carbocycles. The minimum Gasteiger partial charge on any atom is -0.352 e. The number of hydrogen-bond donors (Lipinski definition) is 1. The Morgan fingerprint density at radius 2 is 1.64 bits per heavy atom. The van der Waals surface area contributed by atoms with Crippen LogP contribution >= 0.6 is 23.2 Å². The lowest BCUT2D eigenvalue weighted by atomic mass is 10.1. The number of amides is 2. The molecule has 0 spiro atoms. The monoisotopic (exact) mass is 513 g/mol. The molecule has 0 unspecified atom stereocenters. The molecule has 7 nitrogen and oxygen atoms in total. The first-order valence-corrected chi connectivity index (χ1v) is 13.0. The van der Waals surface area contributed by atoms with Gasteiger partial charge in [-0.25, -0.2) is 8.42 Å². The van der Waals surface area contributed by atoms with Gasteiger partial charge in [-0.2, -0.15) is 0 Å². The number of benzene rings is 2. The third kappa shape index (κ3) is 7.62. The highest BCUT2D eigenvalue weighted by Crippen LogP contribution is 2.25. The van der Waals surface area contributed by atoms with E-state index in [-0.39, 0.29) is 24.2 Å². The zero-order valence-electron chi connectivity index (χ0n) is 19.3. The van der Waals surface area contributed by atoms with Crippen molar-refractivity contribution in [2.75, 3.05) is 17.1 Å². The van der Waals surface area contributed by atoms with Crippen molar-refractivity contribution >= 4 is 50.7 Å². The Hall–Kier alpha value is -2.29. The average molecular weight is 514 g/mol. The largest absolute Gasteiger partial charge is 0.352 e. The molecule has 0 aliphatic heterocycles. The number of rotatable bonds is 9. The minimum absolute atomic E-state index is 0.106. The summed E-state index contributed by atoms with van der Waals surface area (Å²) < 4.78 is 26.1. The lowest BCUT2D eigenvalue weighted by molar-refractivity contribution is -0.139. The van der Waals surface area contributed by atoms with Crippen molar-refractivity contribution < 1.29 is 18.0 Å². The molecule has 10 heteroatoms. The van der Waals surface area contributed by atoms with Crippen LogP contribution in [0.15, 0.2) is 42.5 Å². The maximum Gasteiger partial charge on any atom is 0.244 e. The summed E-state index contributed by atoms with van der Waals surface area (Å²) in [5.74, 6) is -0.866. The van der Waals surface area contributed by atoms with Gasteiger partial charge in [0.25, 0.3) is 0 Å². The van der Waals surface area contributed by atoms with E-state index in [2.05, 4.69) is 5.32 Å². The minimum atomic E-state index is -3.81. The van der Waals surface area contributed by atoms with Gasteiger partial charge in [0, 0.05) is 22.6 Å². The predicted octanol–water partition coefficient (Wildman–Crippen LogP) is 4.01. The van der Waals surface area contributed by atoms with Crippen molar-refractivity contribution in [3.63, 3.8) is 0 Å². The molecule has 2 amide bonds. The maximum atomic E-state index is 13.4. The van der Waals surface area contributed by atoms with Gasteiger partial charge in [-0.15, -0.1) is 0 Å². The van der Waals surface area contributed by atoms with Crippen LogP contribution in [-0.4, -0.2) is 50.0 Å². The predicted molar refractivity (Wildman–Crippen MR) is 133 cm³/mol. The maximum absolute atomic E-state index is 13.4. The molecule has 33 heavy (non-hydrogen) atoms. The van der Waals surface area contributed by atoms with E-state index in [0.29, 0.717) is 10.0 Å². The molecule has 2 aromatic rings. The number of sulfonamides is 1. The average Bonchev–Trinajstić information content (AvgIpc) is 2.71. The lowest BCUT2D eigenvalue weighted by Crippen LogP contribution is -2.52. The second kappa shape index (κ2) is 11.2. The van der Waals surface area contributed by atoms with Gasteiger partial charge in [-0.3, -0.25) is 13.9 Å². The normalized spacial score (nSPS) is 12.4. The second-order valence-corrected chi connectivity index (χ2v) is 10.9. The summed E-state index contributed by atoms with van der Waals surface area (Å²) in [5, 5.41) is 3.73. The van der Waals surface area contributed by atoms with Crippen molar-refractivity contribution in [3.8, 4) is 0 Å². The number of nitrogens with zero attached hydrogens (tertiary/aromatic N) is 2. The Balaban J connectivity index is 2.40. The molecule has 0 aromatic heterocycles. The number of nitrogens with one attached hydrogen (secondary N) is 1. The molecule has 180 valence electrons. The molecule has 2 rings (SSSR count).